The lowest BCUT2D eigenvalue weighted by Crippen LogP contribution is -2.45. The lowest BCUT2D eigenvalue weighted by molar-refractivity contribution is -0.123. The van der Waals surface area contributed by atoms with Crippen LogP contribution in [0, 0.1) is 13.8 Å². The van der Waals surface area contributed by atoms with Crippen LogP contribution in [0.15, 0.2) is 30.3 Å². The number of carbonyl (C=O) groups is 2. The molecule has 4 nitrogen and oxygen atoms in total. The van der Waals surface area contributed by atoms with Crippen LogP contribution >= 0.6 is 22.9 Å². The van der Waals surface area contributed by atoms with Gasteiger partial charge >= 0.3 is 0 Å². The lowest BCUT2D eigenvalue weighted by Gasteiger charge is -2.19. The van der Waals surface area contributed by atoms with Crippen molar-refractivity contribution in [2.24, 2.45) is 0 Å². The van der Waals surface area contributed by atoms with Crippen LogP contribution in [0.2, 0.25) is 5.02 Å². The van der Waals surface area contributed by atoms with Gasteiger partial charge in [0.05, 0.1) is 16.6 Å². The molecule has 2 N–H and O–H groups in total. The summed E-state index contributed by atoms with van der Waals surface area (Å²) in [5.74, 6) is -0.593. The van der Waals surface area contributed by atoms with E-state index in [2.05, 4.69) is 16.7 Å². The fourth-order valence-corrected chi connectivity index (χ4v) is 3.73. The van der Waals surface area contributed by atoms with Crippen molar-refractivity contribution in [3.63, 3.8) is 0 Å². The summed E-state index contributed by atoms with van der Waals surface area (Å²) in [4.78, 5) is 27.0. The van der Waals surface area contributed by atoms with Gasteiger partial charge in [0.2, 0.25) is 5.91 Å². The monoisotopic (exact) mass is 364 g/mol. The number of rotatable bonds is 5. The van der Waals surface area contributed by atoms with E-state index in [1.807, 2.05) is 20.8 Å². The molecule has 1 heterocycles. The maximum absolute atomic E-state index is 12.3. The summed E-state index contributed by atoms with van der Waals surface area (Å²) in [6, 6.07) is 8.07. The second kappa shape index (κ2) is 7.81. The molecular formula is C18H21ClN2O2S. The molecule has 0 saturated heterocycles. The third kappa shape index (κ3) is 4.36. The molecule has 0 aliphatic heterocycles. The number of carbonyl (C=O) groups excluding carboxylic acids is 2. The van der Waals surface area contributed by atoms with Crippen LogP contribution in [0.5, 0.6) is 0 Å². The largest absolute Gasteiger partial charge is 0.348 e. The van der Waals surface area contributed by atoms with E-state index < -0.39 is 6.04 Å². The first-order valence-electron chi connectivity index (χ1n) is 7.72. The van der Waals surface area contributed by atoms with Gasteiger partial charge in [0.25, 0.3) is 5.91 Å². The van der Waals surface area contributed by atoms with E-state index in [-0.39, 0.29) is 17.9 Å². The molecule has 0 spiro atoms. The highest BCUT2D eigenvalue weighted by molar-refractivity contribution is 7.12. The second-order valence-electron chi connectivity index (χ2n) is 5.77. The highest BCUT2D eigenvalue weighted by Gasteiger charge is 2.21. The predicted octanol–water partition coefficient (Wildman–Crippen LogP) is 4.01. The van der Waals surface area contributed by atoms with Crippen LogP contribution in [0.3, 0.4) is 0 Å². The number of halogens is 1. The molecule has 2 unspecified atom stereocenters. The normalized spacial score (nSPS) is 13.2. The molecule has 1 aromatic carbocycles. The van der Waals surface area contributed by atoms with E-state index in [1.165, 1.54) is 9.75 Å². The lowest BCUT2D eigenvalue weighted by atomic mass is 10.1. The summed E-state index contributed by atoms with van der Waals surface area (Å²) in [6.07, 6.45) is 0. The highest BCUT2D eigenvalue weighted by atomic mass is 35.5. The van der Waals surface area contributed by atoms with Gasteiger partial charge in [-0.15, -0.1) is 11.3 Å². The first-order valence-corrected chi connectivity index (χ1v) is 8.91. The molecular weight excluding hydrogens is 344 g/mol. The SMILES string of the molecule is Cc1cc(C(C)NC(=O)C(C)NC(=O)c2ccccc2Cl)c(C)s1. The molecule has 0 radical (unpaired) electrons. The van der Waals surface area contributed by atoms with Gasteiger partial charge in [0.15, 0.2) is 0 Å². The van der Waals surface area contributed by atoms with Gasteiger partial charge in [-0.1, -0.05) is 23.7 Å². The molecule has 0 bridgehead atoms. The van der Waals surface area contributed by atoms with Gasteiger partial charge in [-0.2, -0.15) is 0 Å². The van der Waals surface area contributed by atoms with E-state index in [1.54, 1.807) is 42.5 Å². The van der Waals surface area contributed by atoms with Crippen LogP contribution in [-0.2, 0) is 4.79 Å². The minimum atomic E-state index is -0.656. The van der Waals surface area contributed by atoms with Gasteiger partial charge < -0.3 is 10.6 Å². The van der Waals surface area contributed by atoms with Gasteiger partial charge in [-0.3, -0.25) is 9.59 Å². The topological polar surface area (TPSA) is 58.2 Å². The Kier molecular flexibility index (Phi) is 6.02. The quantitative estimate of drug-likeness (QED) is 0.842. The van der Waals surface area contributed by atoms with Crippen molar-refractivity contribution in [3.05, 3.63) is 56.2 Å². The third-order valence-corrected chi connectivity index (χ3v) is 5.08. The van der Waals surface area contributed by atoms with Gasteiger partial charge in [-0.05, 0) is 51.5 Å². The highest BCUT2D eigenvalue weighted by Crippen LogP contribution is 2.26. The van der Waals surface area contributed by atoms with Crippen LogP contribution in [0.4, 0.5) is 0 Å². The Morgan fingerprint density at radius 1 is 1.12 bits per heavy atom. The number of nitrogens with one attached hydrogen (secondary N) is 2. The Hall–Kier alpha value is -1.85. The molecule has 1 aromatic heterocycles. The van der Waals surface area contributed by atoms with Gasteiger partial charge in [-0.25, -0.2) is 0 Å². The maximum Gasteiger partial charge on any atom is 0.253 e. The van der Waals surface area contributed by atoms with Crippen molar-refractivity contribution in [2.45, 2.75) is 39.8 Å². The first-order chi connectivity index (χ1) is 11.3. The van der Waals surface area contributed by atoms with Crippen LogP contribution in [-0.4, -0.2) is 17.9 Å². The van der Waals surface area contributed by atoms with Crippen molar-refractivity contribution < 1.29 is 9.59 Å². The van der Waals surface area contributed by atoms with Crippen LogP contribution in [0.25, 0.3) is 0 Å². The Bertz CT molecular complexity index is 757. The fourth-order valence-electron chi connectivity index (χ4n) is 2.48. The molecule has 2 atom stereocenters. The zero-order chi connectivity index (χ0) is 17.9. The summed E-state index contributed by atoms with van der Waals surface area (Å²) in [6.45, 7) is 7.68. The zero-order valence-electron chi connectivity index (χ0n) is 14.1. The van der Waals surface area contributed by atoms with E-state index in [9.17, 15) is 9.59 Å². The number of hydrogen-bond acceptors (Lipinski definition) is 3. The summed E-state index contributed by atoms with van der Waals surface area (Å²) in [5, 5.41) is 5.98. The van der Waals surface area contributed by atoms with Crippen molar-refractivity contribution in [3.8, 4) is 0 Å². The predicted molar refractivity (Wildman–Crippen MR) is 98.7 cm³/mol. The maximum atomic E-state index is 12.3. The van der Waals surface area contributed by atoms with Gasteiger partial charge in [0.1, 0.15) is 6.04 Å². The minimum absolute atomic E-state index is 0.109. The molecule has 0 aliphatic carbocycles. The summed E-state index contributed by atoms with van der Waals surface area (Å²) < 4.78 is 0. The number of benzene rings is 1. The van der Waals surface area contributed by atoms with E-state index in [4.69, 9.17) is 11.6 Å². The van der Waals surface area contributed by atoms with Crippen LogP contribution < -0.4 is 10.6 Å². The first kappa shape index (κ1) is 18.5. The van der Waals surface area contributed by atoms with E-state index in [0.29, 0.717) is 10.6 Å². The zero-order valence-corrected chi connectivity index (χ0v) is 15.7. The van der Waals surface area contributed by atoms with Crippen molar-refractivity contribution >= 4 is 34.8 Å². The number of thiophene rings is 1. The molecule has 0 fully saturated rings. The Balaban J connectivity index is 1.98. The molecule has 6 heteroatoms. The molecule has 0 saturated carbocycles. The Morgan fingerprint density at radius 2 is 1.79 bits per heavy atom. The van der Waals surface area contributed by atoms with Crippen molar-refractivity contribution in [2.75, 3.05) is 0 Å². The summed E-state index contributed by atoms with van der Waals surface area (Å²) in [7, 11) is 0. The Labute approximate surface area is 151 Å². The minimum Gasteiger partial charge on any atom is -0.348 e. The third-order valence-electron chi connectivity index (χ3n) is 3.76. The molecule has 24 heavy (non-hydrogen) atoms. The number of aryl methyl sites for hydroxylation is 2. The Morgan fingerprint density at radius 3 is 2.38 bits per heavy atom. The summed E-state index contributed by atoms with van der Waals surface area (Å²) in [5.41, 5.74) is 1.46. The molecule has 2 rings (SSSR count). The molecule has 2 amide bonds. The van der Waals surface area contributed by atoms with E-state index in [0.717, 1.165) is 5.56 Å². The number of amides is 2. The van der Waals surface area contributed by atoms with Crippen molar-refractivity contribution in [1.29, 1.82) is 0 Å². The summed E-state index contributed by atoms with van der Waals surface area (Å²) >= 11 is 7.71. The van der Waals surface area contributed by atoms with Gasteiger partial charge in [0, 0.05) is 9.75 Å². The molecule has 2 aromatic rings. The fraction of sp³-hybridized carbons (Fsp3) is 0.333. The standard InChI is InChI=1S/C18H21ClN2O2S/c1-10-9-15(13(4)24-10)11(2)20-17(22)12(3)21-18(23)14-7-5-6-8-16(14)19/h5-9,11-12H,1-4H3,(H,20,22)(H,21,23). The van der Waals surface area contributed by atoms with Crippen molar-refractivity contribution in [1.82, 2.24) is 10.6 Å². The average molecular weight is 365 g/mol. The van der Waals surface area contributed by atoms with Crippen LogP contribution in [0.1, 0.15) is 45.6 Å². The van der Waals surface area contributed by atoms with E-state index >= 15 is 0 Å². The molecule has 128 valence electrons. The average Bonchev–Trinajstić information content (AvgIpc) is 2.86. The second-order valence-corrected chi connectivity index (χ2v) is 7.64. The molecule has 0 aliphatic rings. The smallest absolute Gasteiger partial charge is 0.253 e. The number of hydrogen-bond donors (Lipinski definition) is 2.